The van der Waals surface area contributed by atoms with E-state index in [1.807, 2.05) is 6.20 Å². The zero-order valence-corrected chi connectivity index (χ0v) is 10.3. The molecule has 102 valence electrons. The minimum Gasteiger partial charge on any atom is -0.353 e. The minimum atomic E-state index is -4.31. The summed E-state index contributed by atoms with van der Waals surface area (Å²) in [5.74, 6) is 0. The van der Waals surface area contributed by atoms with E-state index in [-0.39, 0.29) is 0 Å². The van der Waals surface area contributed by atoms with Crippen LogP contribution in [-0.4, -0.2) is 15.2 Å². The van der Waals surface area contributed by atoms with Gasteiger partial charge in [-0.25, -0.2) is 0 Å². The number of nitrogens with zero attached hydrogens (tertiary/aromatic N) is 1. The first-order valence-electron chi connectivity index (χ1n) is 6.29. The van der Waals surface area contributed by atoms with Crippen molar-refractivity contribution in [2.24, 2.45) is 0 Å². The van der Waals surface area contributed by atoms with Gasteiger partial charge in [-0.05, 0) is 42.2 Å². The SMILES string of the molecule is FC(F)(F)c1ccc2[nH]c3c(c2c1)CCc1c[nH]nc1-3. The second kappa shape index (κ2) is 3.65. The molecular weight excluding hydrogens is 267 g/mol. The first kappa shape index (κ1) is 11.6. The van der Waals surface area contributed by atoms with Crippen molar-refractivity contribution in [3.05, 3.63) is 41.1 Å². The quantitative estimate of drug-likeness (QED) is 0.647. The molecule has 1 aliphatic carbocycles. The van der Waals surface area contributed by atoms with E-state index in [4.69, 9.17) is 0 Å². The molecule has 1 aromatic carbocycles. The third-order valence-corrected chi connectivity index (χ3v) is 3.83. The summed E-state index contributed by atoms with van der Waals surface area (Å²) in [4.78, 5) is 3.19. The van der Waals surface area contributed by atoms with Crippen LogP contribution >= 0.6 is 0 Å². The Morgan fingerprint density at radius 2 is 2.00 bits per heavy atom. The number of rotatable bonds is 0. The summed E-state index contributed by atoms with van der Waals surface area (Å²) in [5, 5.41) is 7.64. The Morgan fingerprint density at radius 1 is 1.15 bits per heavy atom. The van der Waals surface area contributed by atoms with E-state index in [0.29, 0.717) is 5.39 Å². The largest absolute Gasteiger partial charge is 0.416 e. The summed E-state index contributed by atoms with van der Waals surface area (Å²) in [6.07, 6.45) is -0.958. The molecule has 0 aliphatic heterocycles. The molecule has 3 aromatic rings. The predicted molar refractivity (Wildman–Crippen MR) is 68.3 cm³/mol. The molecule has 2 N–H and O–H groups in total. The zero-order valence-electron chi connectivity index (χ0n) is 10.3. The van der Waals surface area contributed by atoms with Gasteiger partial charge in [-0.2, -0.15) is 18.3 Å². The van der Waals surface area contributed by atoms with Crippen LogP contribution in [0.2, 0.25) is 0 Å². The molecule has 0 saturated carbocycles. The van der Waals surface area contributed by atoms with Crippen molar-refractivity contribution in [3.63, 3.8) is 0 Å². The van der Waals surface area contributed by atoms with Crippen molar-refractivity contribution in [2.45, 2.75) is 19.0 Å². The lowest BCUT2D eigenvalue weighted by Crippen LogP contribution is -2.04. The van der Waals surface area contributed by atoms with Gasteiger partial charge in [0.1, 0.15) is 5.69 Å². The summed E-state index contributed by atoms with van der Waals surface area (Å²) < 4.78 is 38.4. The first-order valence-corrected chi connectivity index (χ1v) is 6.29. The van der Waals surface area contributed by atoms with Crippen LogP contribution in [-0.2, 0) is 19.0 Å². The lowest BCUT2D eigenvalue weighted by molar-refractivity contribution is -0.137. The van der Waals surface area contributed by atoms with Crippen LogP contribution in [0.4, 0.5) is 13.2 Å². The van der Waals surface area contributed by atoms with E-state index in [1.54, 1.807) is 0 Å². The summed E-state index contributed by atoms with van der Waals surface area (Å²) in [7, 11) is 0. The van der Waals surface area contributed by atoms with E-state index in [0.717, 1.165) is 46.9 Å². The monoisotopic (exact) mass is 277 g/mol. The van der Waals surface area contributed by atoms with Crippen LogP contribution in [0, 0.1) is 0 Å². The van der Waals surface area contributed by atoms with Crippen LogP contribution in [0.25, 0.3) is 22.3 Å². The summed E-state index contributed by atoms with van der Waals surface area (Å²) in [6, 6.07) is 3.82. The van der Waals surface area contributed by atoms with Gasteiger partial charge in [0.05, 0.1) is 11.3 Å². The third kappa shape index (κ3) is 1.51. The lowest BCUT2D eigenvalue weighted by atomic mass is 9.93. The fourth-order valence-electron chi connectivity index (χ4n) is 2.87. The number of fused-ring (bicyclic) bond motifs is 5. The van der Waals surface area contributed by atoms with Gasteiger partial charge in [-0.1, -0.05) is 0 Å². The Kier molecular flexibility index (Phi) is 2.11. The highest BCUT2D eigenvalue weighted by Gasteiger charge is 2.31. The number of aromatic nitrogens is 3. The van der Waals surface area contributed by atoms with Crippen molar-refractivity contribution in [1.29, 1.82) is 0 Å². The zero-order chi connectivity index (χ0) is 13.9. The normalized spacial score (nSPS) is 14.3. The minimum absolute atomic E-state index is 0.611. The Morgan fingerprint density at radius 3 is 2.80 bits per heavy atom. The number of alkyl halides is 3. The first-order chi connectivity index (χ1) is 9.54. The summed E-state index contributed by atoms with van der Waals surface area (Å²) in [5.41, 5.74) is 3.78. The third-order valence-electron chi connectivity index (χ3n) is 3.83. The van der Waals surface area contributed by atoms with Crippen molar-refractivity contribution < 1.29 is 13.2 Å². The summed E-state index contributed by atoms with van der Waals surface area (Å²) >= 11 is 0. The molecule has 0 fully saturated rings. The number of H-pyrrole nitrogens is 2. The molecule has 2 heterocycles. The van der Waals surface area contributed by atoms with Crippen LogP contribution in [0.15, 0.2) is 24.4 Å². The van der Waals surface area contributed by atoms with Crippen LogP contribution in [0.5, 0.6) is 0 Å². The van der Waals surface area contributed by atoms with Gasteiger partial charge in [0, 0.05) is 17.1 Å². The number of benzene rings is 1. The molecule has 6 heteroatoms. The number of hydrogen-bond acceptors (Lipinski definition) is 1. The Hall–Kier alpha value is -2.24. The van der Waals surface area contributed by atoms with Crippen molar-refractivity contribution in [1.82, 2.24) is 15.2 Å². The van der Waals surface area contributed by atoms with Gasteiger partial charge in [-0.3, -0.25) is 5.10 Å². The van der Waals surface area contributed by atoms with Gasteiger partial charge >= 0.3 is 6.18 Å². The topological polar surface area (TPSA) is 44.5 Å². The standard InChI is InChI=1S/C14H10F3N3/c15-14(16,17)8-2-4-11-10(5-8)9-3-1-7-6-18-20-12(7)13(9)19-11/h2,4-6,19H,1,3H2,(H,18,20). The Balaban J connectivity index is 1.99. The number of aryl methyl sites for hydroxylation is 2. The molecule has 0 radical (unpaired) electrons. The Bertz CT molecular complexity index is 811. The fraction of sp³-hybridized carbons (Fsp3) is 0.214. The highest BCUT2D eigenvalue weighted by atomic mass is 19.4. The number of nitrogens with one attached hydrogen (secondary N) is 2. The molecule has 0 spiro atoms. The van der Waals surface area contributed by atoms with Gasteiger partial charge in [0.2, 0.25) is 0 Å². The molecule has 3 nitrogen and oxygen atoms in total. The van der Waals surface area contributed by atoms with Gasteiger partial charge < -0.3 is 4.98 Å². The maximum absolute atomic E-state index is 12.8. The number of aromatic amines is 2. The smallest absolute Gasteiger partial charge is 0.353 e. The second-order valence-corrected chi connectivity index (χ2v) is 5.00. The predicted octanol–water partition coefficient (Wildman–Crippen LogP) is 3.68. The molecule has 0 saturated heterocycles. The molecule has 20 heavy (non-hydrogen) atoms. The van der Waals surface area contributed by atoms with Gasteiger partial charge in [0.25, 0.3) is 0 Å². The average Bonchev–Trinajstić information content (AvgIpc) is 3.00. The molecule has 1 aliphatic rings. The van der Waals surface area contributed by atoms with E-state index in [2.05, 4.69) is 15.2 Å². The highest BCUT2D eigenvalue weighted by molar-refractivity contribution is 5.92. The molecule has 4 rings (SSSR count). The lowest BCUT2D eigenvalue weighted by Gasteiger charge is -2.11. The maximum atomic E-state index is 12.8. The average molecular weight is 277 g/mol. The van der Waals surface area contributed by atoms with Crippen molar-refractivity contribution in [2.75, 3.05) is 0 Å². The molecule has 0 amide bonds. The van der Waals surface area contributed by atoms with E-state index < -0.39 is 11.7 Å². The second-order valence-electron chi connectivity index (χ2n) is 5.00. The summed E-state index contributed by atoms with van der Waals surface area (Å²) in [6.45, 7) is 0. The van der Waals surface area contributed by atoms with Gasteiger partial charge in [0.15, 0.2) is 0 Å². The molecular formula is C14H10F3N3. The Labute approximate surface area is 111 Å². The van der Waals surface area contributed by atoms with Crippen molar-refractivity contribution >= 4 is 10.9 Å². The molecule has 0 bridgehead atoms. The number of halogens is 3. The van der Waals surface area contributed by atoms with Crippen LogP contribution in [0.1, 0.15) is 16.7 Å². The molecule has 0 atom stereocenters. The van der Waals surface area contributed by atoms with Crippen LogP contribution < -0.4 is 0 Å². The fourth-order valence-corrected chi connectivity index (χ4v) is 2.87. The van der Waals surface area contributed by atoms with E-state index in [9.17, 15) is 13.2 Å². The van der Waals surface area contributed by atoms with E-state index >= 15 is 0 Å². The maximum Gasteiger partial charge on any atom is 0.416 e. The number of hydrogen-bond donors (Lipinski definition) is 2. The highest BCUT2D eigenvalue weighted by Crippen LogP contribution is 2.38. The molecule has 0 unspecified atom stereocenters. The van der Waals surface area contributed by atoms with Crippen LogP contribution in [0.3, 0.4) is 0 Å². The van der Waals surface area contributed by atoms with Crippen molar-refractivity contribution in [3.8, 4) is 11.4 Å². The van der Waals surface area contributed by atoms with E-state index in [1.165, 1.54) is 12.1 Å². The van der Waals surface area contributed by atoms with Gasteiger partial charge in [-0.15, -0.1) is 0 Å². The molecule has 2 aromatic heterocycles.